The molecule has 16 heavy (non-hydrogen) atoms. The average molecular weight is 242 g/mol. The minimum Gasteiger partial charge on any atom is -0.393 e. The molecule has 0 aliphatic rings. The van der Waals surface area contributed by atoms with Crippen LogP contribution in [-0.4, -0.2) is 23.7 Å². The van der Waals surface area contributed by atoms with Crippen molar-refractivity contribution in [1.82, 2.24) is 5.32 Å². The first-order chi connectivity index (χ1) is 7.59. The fourth-order valence-corrected chi connectivity index (χ4v) is 2.18. The Kier molecular flexibility index (Phi) is 5.45. The molecule has 0 aromatic carbocycles. The Morgan fingerprint density at radius 1 is 1.69 bits per heavy atom. The third-order valence-corrected chi connectivity index (χ3v) is 3.15. The maximum Gasteiger partial charge on any atom is 0.249 e. The summed E-state index contributed by atoms with van der Waals surface area (Å²) in [5.74, 6) is -0.378. The molecule has 1 rings (SSSR count). The molecular formula is C11H18N2O2S. The number of primary amides is 1. The smallest absolute Gasteiger partial charge is 0.249 e. The first-order valence-corrected chi connectivity index (χ1v) is 6.23. The van der Waals surface area contributed by atoms with Crippen LogP contribution in [0.5, 0.6) is 0 Å². The number of carbonyl (C=O) groups is 1. The Morgan fingerprint density at radius 2 is 2.44 bits per heavy atom. The molecule has 1 heterocycles. The third kappa shape index (κ3) is 4.74. The molecule has 4 nitrogen and oxygen atoms in total. The zero-order chi connectivity index (χ0) is 12.0. The molecule has 1 aromatic heterocycles. The average Bonchev–Trinajstić information content (AvgIpc) is 2.65. The molecule has 0 spiro atoms. The molecule has 0 aliphatic carbocycles. The lowest BCUT2D eigenvalue weighted by molar-refractivity contribution is 0.100. The molecule has 5 heteroatoms. The normalized spacial score (nSPS) is 12.6. The number of aliphatic hydroxyl groups is 1. The second-order valence-electron chi connectivity index (χ2n) is 3.83. The van der Waals surface area contributed by atoms with Gasteiger partial charge in [-0.05, 0) is 32.4 Å². The van der Waals surface area contributed by atoms with Crippen LogP contribution in [0.4, 0.5) is 0 Å². The van der Waals surface area contributed by atoms with E-state index < -0.39 is 0 Å². The van der Waals surface area contributed by atoms with Gasteiger partial charge in [-0.1, -0.05) is 0 Å². The summed E-state index contributed by atoms with van der Waals surface area (Å²) in [6.45, 7) is 3.41. The molecule has 4 N–H and O–H groups in total. The van der Waals surface area contributed by atoms with Crippen LogP contribution in [0.1, 0.15) is 35.0 Å². The van der Waals surface area contributed by atoms with Gasteiger partial charge in [0.05, 0.1) is 11.7 Å². The van der Waals surface area contributed by atoms with Gasteiger partial charge in [-0.15, -0.1) is 11.3 Å². The van der Waals surface area contributed by atoms with Gasteiger partial charge in [0.2, 0.25) is 5.91 Å². The first kappa shape index (κ1) is 13.2. The van der Waals surface area contributed by atoms with Crippen LogP contribution in [0.25, 0.3) is 0 Å². The Bertz CT molecular complexity index is 336. The van der Waals surface area contributed by atoms with E-state index in [1.54, 1.807) is 12.3 Å². The van der Waals surface area contributed by atoms with Crippen molar-refractivity contribution in [2.75, 3.05) is 6.54 Å². The van der Waals surface area contributed by atoms with Crippen molar-refractivity contribution in [3.05, 3.63) is 21.9 Å². The van der Waals surface area contributed by atoms with E-state index in [0.29, 0.717) is 5.56 Å². The quantitative estimate of drug-likeness (QED) is 0.627. The van der Waals surface area contributed by atoms with Gasteiger partial charge >= 0.3 is 0 Å². The fourth-order valence-electron chi connectivity index (χ4n) is 1.34. The number of hydrogen-bond acceptors (Lipinski definition) is 4. The summed E-state index contributed by atoms with van der Waals surface area (Å²) in [6.07, 6.45) is 1.53. The van der Waals surface area contributed by atoms with Gasteiger partial charge in [-0.2, -0.15) is 0 Å². The predicted octanol–water partition coefficient (Wildman–Crippen LogP) is 1.10. The second-order valence-corrected chi connectivity index (χ2v) is 4.83. The lowest BCUT2D eigenvalue weighted by Gasteiger charge is -2.04. The molecule has 0 bridgehead atoms. The SMILES string of the molecule is CC(O)CCCNCc1cc(C(N)=O)cs1. The lowest BCUT2D eigenvalue weighted by atomic mass is 10.2. The summed E-state index contributed by atoms with van der Waals surface area (Å²) in [5.41, 5.74) is 5.73. The van der Waals surface area contributed by atoms with Gasteiger partial charge in [0.1, 0.15) is 0 Å². The molecule has 1 atom stereocenters. The van der Waals surface area contributed by atoms with Crippen molar-refractivity contribution < 1.29 is 9.90 Å². The highest BCUT2D eigenvalue weighted by Gasteiger charge is 2.04. The molecule has 0 saturated carbocycles. The maximum absolute atomic E-state index is 10.8. The zero-order valence-corrected chi connectivity index (χ0v) is 10.2. The minimum atomic E-state index is -0.378. The Hall–Kier alpha value is -0.910. The summed E-state index contributed by atoms with van der Waals surface area (Å²) in [5, 5.41) is 14.1. The van der Waals surface area contributed by atoms with E-state index in [1.165, 1.54) is 11.3 Å². The standard InChI is InChI=1S/C11H18N2O2S/c1-8(14)3-2-4-13-6-10-5-9(7-16-10)11(12)15/h5,7-8,13-14H,2-4,6H2,1H3,(H2,12,15). The molecule has 0 saturated heterocycles. The maximum atomic E-state index is 10.8. The van der Waals surface area contributed by atoms with Crippen molar-refractivity contribution in [3.63, 3.8) is 0 Å². The number of hydrogen-bond donors (Lipinski definition) is 3. The van der Waals surface area contributed by atoms with Crippen molar-refractivity contribution in [1.29, 1.82) is 0 Å². The van der Waals surface area contributed by atoms with E-state index in [4.69, 9.17) is 10.8 Å². The van der Waals surface area contributed by atoms with Crippen LogP contribution < -0.4 is 11.1 Å². The molecule has 1 unspecified atom stereocenters. The van der Waals surface area contributed by atoms with Crippen molar-refractivity contribution >= 4 is 17.2 Å². The number of amides is 1. The van der Waals surface area contributed by atoms with Crippen LogP contribution >= 0.6 is 11.3 Å². The van der Waals surface area contributed by atoms with E-state index in [2.05, 4.69) is 5.32 Å². The Labute approximate surface area is 99.5 Å². The lowest BCUT2D eigenvalue weighted by Crippen LogP contribution is -2.15. The van der Waals surface area contributed by atoms with Crippen LogP contribution in [0.2, 0.25) is 0 Å². The fraction of sp³-hybridized carbons (Fsp3) is 0.545. The molecular weight excluding hydrogens is 224 g/mol. The zero-order valence-electron chi connectivity index (χ0n) is 9.40. The number of nitrogens with one attached hydrogen (secondary N) is 1. The topological polar surface area (TPSA) is 75.3 Å². The first-order valence-electron chi connectivity index (χ1n) is 5.35. The minimum absolute atomic E-state index is 0.231. The van der Waals surface area contributed by atoms with E-state index in [9.17, 15) is 4.79 Å². The number of nitrogens with two attached hydrogens (primary N) is 1. The van der Waals surface area contributed by atoms with Crippen LogP contribution in [-0.2, 0) is 6.54 Å². The van der Waals surface area contributed by atoms with Crippen molar-refractivity contribution in [2.45, 2.75) is 32.4 Å². The summed E-state index contributed by atoms with van der Waals surface area (Å²) in [4.78, 5) is 11.9. The van der Waals surface area contributed by atoms with Gasteiger partial charge in [-0.25, -0.2) is 0 Å². The summed E-state index contributed by atoms with van der Waals surface area (Å²) in [7, 11) is 0. The van der Waals surface area contributed by atoms with E-state index in [0.717, 1.165) is 30.8 Å². The van der Waals surface area contributed by atoms with Crippen molar-refractivity contribution in [3.8, 4) is 0 Å². The summed E-state index contributed by atoms with van der Waals surface area (Å²) < 4.78 is 0. The Balaban J connectivity index is 2.19. The Morgan fingerprint density at radius 3 is 3.00 bits per heavy atom. The second kappa shape index (κ2) is 6.62. The monoisotopic (exact) mass is 242 g/mol. The van der Waals surface area contributed by atoms with Crippen LogP contribution in [0, 0.1) is 0 Å². The van der Waals surface area contributed by atoms with E-state index >= 15 is 0 Å². The molecule has 90 valence electrons. The summed E-state index contributed by atoms with van der Waals surface area (Å²) >= 11 is 1.53. The van der Waals surface area contributed by atoms with Gasteiger partial charge in [0, 0.05) is 16.8 Å². The number of carbonyl (C=O) groups excluding carboxylic acids is 1. The predicted molar refractivity (Wildman–Crippen MR) is 65.5 cm³/mol. The van der Waals surface area contributed by atoms with Gasteiger partial charge in [0.15, 0.2) is 0 Å². The van der Waals surface area contributed by atoms with E-state index in [-0.39, 0.29) is 12.0 Å². The van der Waals surface area contributed by atoms with Gasteiger partial charge in [0.25, 0.3) is 0 Å². The molecule has 0 fully saturated rings. The molecule has 0 radical (unpaired) electrons. The largest absolute Gasteiger partial charge is 0.393 e. The van der Waals surface area contributed by atoms with Crippen LogP contribution in [0.3, 0.4) is 0 Å². The summed E-state index contributed by atoms with van der Waals surface area (Å²) in [6, 6.07) is 1.81. The highest BCUT2D eigenvalue weighted by Crippen LogP contribution is 2.13. The van der Waals surface area contributed by atoms with Gasteiger partial charge < -0.3 is 16.2 Å². The van der Waals surface area contributed by atoms with Crippen LogP contribution in [0.15, 0.2) is 11.4 Å². The van der Waals surface area contributed by atoms with Gasteiger partial charge in [-0.3, -0.25) is 4.79 Å². The van der Waals surface area contributed by atoms with E-state index in [1.807, 2.05) is 6.07 Å². The molecule has 1 aromatic rings. The number of thiophene rings is 1. The molecule has 1 amide bonds. The molecule has 0 aliphatic heterocycles. The highest BCUT2D eigenvalue weighted by molar-refractivity contribution is 7.10. The number of rotatable bonds is 7. The number of aliphatic hydroxyl groups excluding tert-OH is 1. The van der Waals surface area contributed by atoms with Crippen molar-refractivity contribution in [2.24, 2.45) is 5.73 Å². The highest BCUT2D eigenvalue weighted by atomic mass is 32.1. The third-order valence-electron chi connectivity index (χ3n) is 2.21.